The van der Waals surface area contributed by atoms with Crippen molar-refractivity contribution >= 4 is 21.9 Å². The summed E-state index contributed by atoms with van der Waals surface area (Å²) in [7, 11) is 1.18. The Morgan fingerprint density at radius 1 is 1.47 bits per heavy atom. The van der Waals surface area contributed by atoms with E-state index in [-0.39, 0.29) is 16.5 Å². The first-order valence-corrected chi connectivity index (χ1v) is 5.92. The molecule has 1 rings (SSSR count). The van der Waals surface area contributed by atoms with Crippen LogP contribution in [0.2, 0.25) is 0 Å². The van der Waals surface area contributed by atoms with Gasteiger partial charge in [-0.3, -0.25) is 0 Å². The van der Waals surface area contributed by atoms with Gasteiger partial charge in [-0.05, 0) is 23.8 Å². The maximum absolute atomic E-state index is 13.2. The lowest BCUT2D eigenvalue weighted by Crippen LogP contribution is -2.20. The Hall–Kier alpha value is -0.980. The van der Waals surface area contributed by atoms with Gasteiger partial charge in [-0.2, -0.15) is 0 Å². The molecule has 2 atom stereocenters. The minimum absolute atomic E-state index is 0.0108. The summed E-state index contributed by atoms with van der Waals surface area (Å²) in [5, 5.41) is 19.3. The van der Waals surface area contributed by atoms with Crippen LogP contribution in [0.1, 0.15) is 22.0 Å². The normalized spacial score (nSPS) is 14.2. The number of ether oxygens (including phenoxy) is 1. The molecule has 1 aromatic rings. The second-order valence-electron chi connectivity index (χ2n) is 3.43. The van der Waals surface area contributed by atoms with E-state index in [9.17, 15) is 19.4 Å². The molecule has 94 valence electrons. The number of methoxy groups -OCH3 is 1. The van der Waals surface area contributed by atoms with Crippen LogP contribution in [-0.4, -0.2) is 34.7 Å². The Balaban J connectivity index is 3.09. The predicted molar refractivity (Wildman–Crippen MR) is 62.5 cm³/mol. The molecule has 0 amide bonds. The van der Waals surface area contributed by atoms with E-state index >= 15 is 0 Å². The zero-order valence-electron chi connectivity index (χ0n) is 9.06. The molecule has 0 fully saturated rings. The summed E-state index contributed by atoms with van der Waals surface area (Å²) in [6.45, 7) is 0. The molecule has 2 unspecified atom stereocenters. The molecule has 1 aromatic carbocycles. The Morgan fingerprint density at radius 3 is 2.65 bits per heavy atom. The third-order valence-corrected chi connectivity index (χ3v) is 2.87. The van der Waals surface area contributed by atoms with Gasteiger partial charge in [0.25, 0.3) is 0 Å². The van der Waals surface area contributed by atoms with Crippen molar-refractivity contribution in [1.82, 2.24) is 0 Å². The number of aliphatic hydroxyl groups excluding tert-OH is 2. The minimum Gasteiger partial charge on any atom is -0.465 e. The maximum atomic E-state index is 13.2. The van der Waals surface area contributed by atoms with Gasteiger partial charge in [-0.25, -0.2) is 9.18 Å². The van der Waals surface area contributed by atoms with E-state index in [2.05, 4.69) is 20.7 Å². The van der Waals surface area contributed by atoms with Crippen LogP contribution in [-0.2, 0) is 4.74 Å². The van der Waals surface area contributed by atoms with Crippen LogP contribution in [0.25, 0.3) is 0 Å². The number of rotatable bonds is 4. The molecule has 0 bridgehead atoms. The number of aliphatic hydroxyl groups is 2. The molecule has 0 saturated carbocycles. The van der Waals surface area contributed by atoms with Crippen LogP contribution < -0.4 is 0 Å². The van der Waals surface area contributed by atoms with Crippen LogP contribution in [0.3, 0.4) is 0 Å². The summed E-state index contributed by atoms with van der Waals surface area (Å²) in [5.41, 5.74) is 0.112. The van der Waals surface area contributed by atoms with E-state index in [0.717, 1.165) is 12.1 Å². The first kappa shape index (κ1) is 14.1. The van der Waals surface area contributed by atoms with Crippen molar-refractivity contribution < 1.29 is 24.1 Å². The van der Waals surface area contributed by atoms with Gasteiger partial charge in [0, 0.05) is 5.33 Å². The molecule has 0 spiro atoms. The van der Waals surface area contributed by atoms with Gasteiger partial charge in [-0.15, -0.1) is 0 Å². The Morgan fingerprint density at radius 2 is 2.12 bits per heavy atom. The van der Waals surface area contributed by atoms with E-state index < -0.39 is 24.0 Å². The number of alkyl halides is 1. The highest BCUT2D eigenvalue weighted by Gasteiger charge is 2.20. The van der Waals surface area contributed by atoms with Crippen LogP contribution in [0, 0.1) is 5.82 Å². The predicted octanol–water partition coefficient (Wildman–Crippen LogP) is 1.40. The second-order valence-corrected chi connectivity index (χ2v) is 4.08. The van der Waals surface area contributed by atoms with Gasteiger partial charge in [0.1, 0.15) is 11.9 Å². The largest absolute Gasteiger partial charge is 0.465 e. The van der Waals surface area contributed by atoms with Gasteiger partial charge >= 0.3 is 5.97 Å². The van der Waals surface area contributed by atoms with Crippen molar-refractivity contribution in [3.63, 3.8) is 0 Å². The van der Waals surface area contributed by atoms with Gasteiger partial charge in [0.15, 0.2) is 0 Å². The van der Waals surface area contributed by atoms with Gasteiger partial charge in [0.05, 0.1) is 18.8 Å². The zero-order valence-corrected chi connectivity index (χ0v) is 10.6. The smallest absolute Gasteiger partial charge is 0.337 e. The highest BCUT2D eigenvalue weighted by molar-refractivity contribution is 9.09. The average molecular weight is 307 g/mol. The molecule has 6 heteroatoms. The van der Waals surface area contributed by atoms with Gasteiger partial charge < -0.3 is 14.9 Å². The number of esters is 1. The van der Waals surface area contributed by atoms with E-state index in [0.29, 0.717) is 0 Å². The van der Waals surface area contributed by atoms with Crippen molar-refractivity contribution in [2.24, 2.45) is 0 Å². The average Bonchev–Trinajstić information content (AvgIpc) is 2.35. The molecular weight excluding hydrogens is 295 g/mol. The first-order chi connectivity index (χ1) is 7.99. The first-order valence-electron chi connectivity index (χ1n) is 4.80. The van der Waals surface area contributed by atoms with Crippen molar-refractivity contribution in [3.05, 3.63) is 35.1 Å². The molecule has 0 aromatic heterocycles. The number of carbonyl (C=O) groups excluding carboxylic acids is 1. The van der Waals surface area contributed by atoms with Crippen LogP contribution >= 0.6 is 15.9 Å². The zero-order chi connectivity index (χ0) is 13.0. The highest BCUT2D eigenvalue weighted by atomic mass is 79.9. The molecule has 17 heavy (non-hydrogen) atoms. The number of carbonyl (C=O) groups is 1. The molecule has 0 radical (unpaired) electrons. The molecule has 0 aliphatic carbocycles. The second kappa shape index (κ2) is 6.09. The van der Waals surface area contributed by atoms with Crippen LogP contribution in [0.4, 0.5) is 4.39 Å². The van der Waals surface area contributed by atoms with Crippen LogP contribution in [0.15, 0.2) is 18.2 Å². The standard InChI is InChI=1S/C11H12BrFO4/c1-17-11(16)7-2-6(3-8(13)4-7)10(15)9(14)5-12/h2-4,9-10,14-15H,5H2,1H3. The fourth-order valence-electron chi connectivity index (χ4n) is 1.33. The lowest BCUT2D eigenvalue weighted by Gasteiger charge is -2.16. The summed E-state index contributed by atoms with van der Waals surface area (Å²) in [5.74, 6) is -1.38. The third-order valence-electron chi connectivity index (χ3n) is 2.21. The summed E-state index contributed by atoms with van der Waals surface area (Å²) in [6, 6.07) is 3.34. The summed E-state index contributed by atoms with van der Waals surface area (Å²) >= 11 is 3.00. The molecular formula is C11H12BrFO4. The van der Waals surface area contributed by atoms with Gasteiger partial charge in [-0.1, -0.05) is 15.9 Å². The Labute approximate surface area is 106 Å². The Kier molecular flexibility index (Phi) is 5.04. The Bertz CT molecular complexity index is 410. The van der Waals surface area contributed by atoms with Crippen LogP contribution in [0.5, 0.6) is 0 Å². The van der Waals surface area contributed by atoms with E-state index in [4.69, 9.17) is 0 Å². The number of hydrogen-bond acceptors (Lipinski definition) is 4. The summed E-state index contributed by atoms with van der Waals surface area (Å²) in [6.07, 6.45) is -2.35. The fourth-order valence-corrected chi connectivity index (χ4v) is 1.68. The van der Waals surface area contributed by atoms with Crippen molar-refractivity contribution in [1.29, 1.82) is 0 Å². The third kappa shape index (κ3) is 3.49. The van der Waals surface area contributed by atoms with Crippen molar-refractivity contribution in [3.8, 4) is 0 Å². The van der Waals surface area contributed by atoms with Gasteiger partial charge in [0.2, 0.25) is 0 Å². The van der Waals surface area contributed by atoms with E-state index in [1.807, 2.05) is 0 Å². The molecule has 0 aliphatic heterocycles. The highest BCUT2D eigenvalue weighted by Crippen LogP contribution is 2.21. The quantitative estimate of drug-likeness (QED) is 0.652. The lowest BCUT2D eigenvalue weighted by molar-refractivity contribution is 0.0339. The lowest BCUT2D eigenvalue weighted by atomic mass is 10.0. The van der Waals surface area contributed by atoms with Crippen molar-refractivity contribution in [2.75, 3.05) is 12.4 Å². The molecule has 2 N–H and O–H groups in total. The molecule has 0 saturated heterocycles. The molecule has 0 aliphatic rings. The summed E-state index contributed by atoms with van der Waals surface area (Å²) < 4.78 is 17.7. The summed E-state index contributed by atoms with van der Waals surface area (Å²) in [4.78, 5) is 11.2. The monoisotopic (exact) mass is 306 g/mol. The molecule has 0 heterocycles. The van der Waals surface area contributed by atoms with E-state index in [1.165, 1.54) is 13.2 Å². The van der Waals surface area contributed by atoms with E-state index in [1.54, 1.807) is 0 Å². The number of halogens is 2. The fraction of sp³-hybridized carbons (Fsp3) is 0.364. The minimum atomic E-state index is -1.27. The number of hydrogen-bond donors (Lipinski definition) is 2. The number of benzene rings is 1. The topological polar surface area (TPSA) is 66.8 Å². The maximum Gasteiger partial charge on any atom is 0.337 e. The SMILES string of the molecule is COC(=O)c1cc(F)cc(C(O)C(O)CBr)c1. The molecule has 4 nitrogen and oxygen atoms in total. The van der Waals surface area contributed by atoms with Crippen molar-refractivity contribution in [2.45, 2.75) is 12.2 Å².